The highest BCUT2D eigenvalue weighted by Gasteiger charge is 2.51. The Balaban J connectivity index is 2.53. The second-order valence-electron chi connectivity index (χ2n) is 3.62. The molecule has 1 unspecified atom stereocenters. The summed E-state index contributed by atoms with van der Waals surface area (Å²) in [6, 6.07) is 4.74. The van der Waals surface area contributed by atoms with Gasteiger partial charge in [0.15, 0.2) is 0 Å². The molecule has 1 atom stereocenters. The molecule has 0 radical (unpaired) electrons. The van der Waals surface area contributed by atoms with Gasteiger partial charge >= 0.3 is 5.97 Å². The van der Waals surface area contributed by atoms with Crippen LogP contribution in [-0.4, -0.2) is 29.6 Å². The first-order chi connectivity index (χ1) is 7.50. The van der Waals surface area contributed by atoms with Crippen molar-refractivity contribution in [1.82, 2.24) is 0 Å². The predicted octanol–water partition coefficient (Wildman–Crippen LogP) is 0.983. The molecule has 16 heavy (non-hydrogen) atoms. The third kappa shape index (κ3) is 1.34. The zero-order chi connectivity index (χ0) is 11.9. The van der Waals surface area contributed by atoms with Gasteiger partial charge in [0.05, 0.1) is 7.11 Å². The van der Waals surface area contributed by atoms with Gasteiger partial charge in [-0.15, -0.1) is 0 Å². The lowest BCUT2D eigenvalue weighted by molar-refractivity contribution is -0.156. The molecule has 0 fully saturated rings. The number of fused-ring (bicyclic) bond motifs is 1. The van der Waals surface area contributed by atoms with Gasteiger partial charge in [0.25, 0.3) is 0 Å². The number of ether oxygens (including phenoxy) is 1. The van der Waals surface area contributed by atoms with Crippen LogP contribution >= 0.6 is 11.6 Å². The number of rotatable bonds is 1. The van der Waals surface area contributed by atoms with Crippen molar-refractivity contribution in [3.05, 3.63) is 34.3 Å². The van der Waals surface area contributed by atoms with E-state index in [9.17, 15) is 14.7 Å². The minimum atomic E-state index is -2.12. The molecule has 0 spiro atoms. The zero-order valence-corrected chi connectivity index (χ0v) is 9.25. The Kier molecular flexibility index (Phi) is 2.48. The Labute approximate surface area is 96.8 Å². The van der Waals surface area contributed by atoms with Crippen molar-refractivity contribution in [2.75, 3.05) is 7.11 Å². The largest absolute Gasteiger partial charge is 0.467 e. The fourth-order valence-corrected chi connectivity index (χ4v) is 2.09. The number of hydrogen-bond acceptors (Lipinski definition) is 4. The molecule has 0 amide bonds. The molecule has 1 N–H and O–H groups in total. The normalized spacial score (nSPS) is 23.1. The number of carbonyl (C=O) groups excluding carboxylic acids is 2. The van der Waals surface area contributed by atoms with Crippen molar-refractivity contribution >= 4 is 23.4 Å². The molecule has 0 aromatic heterocycles. The number of Topliss-reactive ketones (excluding diaryl/α,β-unsaturated/α-hetero) is 1. The summed E-state index contributed by atoms with van der Waals surface area (Å²) in [5, 5.41) is 10.4. The second kappa shape index (κ2) is 3.57. The first-order valence-electron chi connectivity index (χ1n) is 4.63. The minimum absolute atomic E-state index is 0.131. The van der Waals surface area contributed by atoms with Gasteiger partial charge < -0.3 is 9.84 Å². The summed E-state index contributed by atoms with van der Waals surface area (Å²) < 4.78 is 4.43. The molecule has 0 saturated carbocycles. The van der Waals surface area contributed by atoms with E-state index in [1.165, 1.54) is 6.07 Å². The average molecular weight is 241 g/mol. The van der Waals surface area contributed by atoms with E-state index in [0.29, 0.717) is 10.6 Å². The van der Waals surface area contributed by atoms with Crippen molar-refractivity contribution in [2.24, 2.45) is 0 Å². The van der Waals surface area contributed by atoms with Gasteiger partial charge in [0, 0.05) is 17.0 Å². The SMILES string of the molecule is COC(=O)C1(O)Cc2c(Cl)cccc2C1=O. The standard InChI is InChI=1S/C11H9ClO4/c1-16-10(14)11(15)5-7-6(9(11)13)3-2-4-8(7)12/h2-4,15H,5H2,1H3. The fourth-order valence-electron chi connectivity index (χ4n) is 1.84. The molecule has 1 aromatic rings. The third-order valence-electron chi connectivity index (χ3n) is 2.69. The number of aliphatic hydroxyl groups is 1. The molecule has 2 rings (SSSR count). The number of hydrogen-bond donors (Lipinski definition) is 1. The van der Waals surface area contributed by atoms with E-state index in [2.05, 4.69) is 4.74 Å². The van der Waals surface area contributed by atoms with E-state index in [-0.39, 0.29) is 12.0 Å². The van der Waals surface area contributed by atoms with Crippen LogP contribution in [0.4, 0.5) is 0 Å². The Morgan fingerprint density at radius 1 is 1.56 bits per heavy atom. The van der Waals surface area contributed by atoms with Crippen LogP contribution < -0.4 is 0 Å². The van der Waals surface area contributed by atoms with E-state index in [0.717, 1.165) is 7.11 Å². The summed E-state index contributed by atoms with van der Waals surface area (Å²) in [5.41, 5.74) is -1.36. The topological polar surface area (TPSA) is 63.6 Å². The molecule has 0 saturated heterocycles. The summed E-state index contributed by atoms with van der Waals surface area (Å²) in [7, 11) is 1.12. The maximum absolute atomic E-state index is 11.9. The monoisotopic (exact) mass is 240 g/mol. The number of esters is 1. The quantitative estimate of drug-likeness (QED) is 0.587. The maximum Gasteiger partial charge on any atom is 0.346 e. The van der Waals surface area contributed by atoms with Crippen LogP contribution in [0.25, 0.3) is 0 Å². The van der Waals surface area contributed by atoms with Crippen molar-refractivity contribution in [1.29, 1.82) is 0 Å². The fraction of sp³-hybridized carbons (Fsp3) is 0.273. The van der Waals surface area contributed by atoms with Gasteiger partial charge in [0.2, 0.25) is 11.4 Å². The average Bonchev–Trinajstić information content (AvgIpc) is 2.54. The molecule has 1 aliphatic carbocycles. The van der Waals surface area contributed by atoms with Crippen molar-refractivity contribution in [3.8, 4) is 0 Å². The van der Waals surface area contributed by atoms with E-state index in [4.69, 9.17) is 11.6 Å². The van der Waals surface area contributed by atoms with Crippen LogP contribution in [0.5, 0.6) is 0 Å². The smallest absolute Gasteiger partial charge is 0.346 e. The minimum Gasteiger partial charge on any atom is -0.467 e. The highest BCUT2D eigenvalue weighted by atomic mass is 35.5. The molecular weight excluding hydrogens is 232 g/mol. The highest BCUT2D eigenvalue weighted by Crippen LogP contribution is 2.35. The molecule has 84 valence electrons. The van der Waals surface area contributed by atoms with Crippen LogP contribution in [0.15, 0.2) is 18.2 Å². The zero-order valence-electron chi connectivity index (χ0n) is 8.49. The Bertz CT molecular complexity index is 483. The molecule has 4 nitrogen and oxygen atoms in total. The van der Waals surface area contributed by atoms with Crippen molar-refractivity contribution < 1.29 is 19.4 Å². The number of benzene rings is 1. The molecule has 0 bridgehead atoms. The van der Waals surface area contributed by atoms with Crippen LogP contribution in [0.1, 0.15) is 15.9 Å². The van der Waals surface area contributed by atoms with Crippen molar-refractivity contribution in [3.63, 3.8) is 0 Å². The van der Waals surface area contributed by atoms with Gasteiger partial charge in [-0.05, 0) is 11.6 Å². The maximum atomic E-state index is 11.9. The lowest BCUT2D eigenvalue weighted by Crippen LogP contribution is -2.45. The molecular formula is C11H9ClO4. The Morgan fingerprint density at radius 2 is 2.25 bits per heavy atom. The first-order valence-corrected chi connectivity index (χ1v) is 5.01. The van der Waals surface area contributed by atoms with Crippen LogP contribution in [-0.2, 0) is 16.0 Å². The summed E-state index contributed by atoms with van der Waals surface area (Å²) in [5.74, 6) is -1.61. The van der Waals surface area contributed by atoms with Gasteiger partial charge in [0.1, 0.15) is 0 Å². The second-order valence-corrected chi connectivity index (χ2v) is 4.03. The molecule has 1 aromatic carbocycles. The lowest BCUT2D eigenvalue weighted by atomic mass is 10.00. The Hall–Kier alpha value is -1.39. The molecule has 1 aliphatic rings. The summed E-state index contributed by atoms with van der Waals surface area (Å²) >= 11 is 5.89. The molecule has 0 aliphatic heterocycles. The lowest BCUT2D eigenvalue weighted by Gasteiger charge is -2.16. The van der Waals surface area contributed by atoms with E-state index in [1.807, 2.05) is 0 Å². The number of methoxy groups -OCH3 is 1. The van der Waals surface area contributed by atoms with E-state index < -0.39 is 17.4 Å². The summed E-state index contributed by atoms with van der Waals surface area (Å²) in [4.78, 5) is 23.3. The van der Waals surface area contributed by atoms with Gasteiger partial charge in [-0.2, -0.15) is 0 Å². The number of ketones is 1. The predicted molar refractivity (Wildman–Crippen MR) is 56.5 cm³/mol. The Morgan fingerprint density at radius 3 is 2.81 bits per heavy atom. The van der Waals surface area contributed by atoms with Gasteiger partial charge in [-0.25, -0.2) is 4.79 Å². The molecule has 5 heteroatoms. The van der Waals surface area contributed by atoms with Gasteiger partial charge in [-0.3, -0.25) is 4.79 Å². The van der Waals surface area contributed by atoms with Crippen LogP contribution in [0.3, 0.4) is 0 Å². The van der Waals surface area contributed by atoms with E-state index >= 15 is 0 Å². The molecule has 0 heterocycles. The van der Waals surface area contributed by atoms with Crippen LogP contribution in [0, 0.1) is 0 Å². The number of halogens is 1. The number of carbonyl (C=O) groups is 2. The van der Waals surface area contributed by atoms with Gasteiger partial charge in [-0.1, -0.05) is 23.7 Å². The van der Waals surface area contributed by atoms with Crippen LogP contribution in [0.2, 0.25) is 5.02 Å². The van der Waals surface area contributed by atoms with Crippen molar-refractivity contribution in [2.45, 2.75) is 12.0 Å². The van der Waals surface area contributed by atoms with E-state index in [1.54, 1.807) is 12.1 Å². The summed E-state index contributed by atoms with van der Waals surface area (Å²) in [6.45, 7) is 0. The third-order valence-corrected chi connectivity index (χ3v) is 3.05. The first kappa shape index (κ1) is 11.1. The summed E-state index contributed by atoms with van der Waals surface area (Å²) in [6.07, 6.45) is -0.131. The highest BCUT2D eigenvalue weighted by molar-refractivity contribution is 6.33.